The van der Waals surface area contributed by atoms with Crippen LogP contribution in [0.5, 0.6) is 11.5 Å². The lowest BCUT2D eigenvalue weighted by molar-refractivity contribution is -0.156. The molecule has 5 nitrogen and oxygen atoms in total. The fourth-order valence-electron chi connectivity index (χ4n) is 4.41. The van der Waals surface area contributed by atoms with Crippen LogP contribution < -0.4 is 9.47 Å². The molecule has 188 valence electrons. The Hall–Kier alpha value is -3.57. The van der Waals surface area contributed by atoms with E-state index in [0.29, 0.717) is 32.8 Å². The monoisotopic (exact) mass is 486 g/mol. The maximum absolute atomic E-state index is 12.1. The molecule has 1 aliphatic carbocycles. The summed E-state index contributed by atoms with van der Waals surface area (Å²) in [6.07, 6.45) is 2.99. The average molecular weight is 487 g/mol. The van der Waals surface area contributed by atoms with Crippen LogP contribution in [0.25, 0.3) is 16.7 Å². The molecule has 0 spiro atoms. The second kappa shape index (κ2) is 12.4. The van der Waals surface area contributed by atoms with Crippen molar-refractivity contribution >= 4 is 11.5 Å². The van der Waals surface area contributed by atoms with E-state index in [1.165, 1.54) is 27.8 Å². The first-order valence-corrected chi connectivity index (χ1v) is 12.7. The van der Waals surface area contributed by atoms with Gasteiger partial charge in [-0.1, -0.05) is 49.4 Å². The highest BCUT2D eigenvalue weighted by Gasteiger charge is 2.23. The number of rotatable bonds is 12. The Morgan fingerprint density at radius 2 is 1.53 bits per heavy atom. The van der Waals surface area contributed by atoms with Gasteiger partial charge in [0.25, 0.3) is 0 Å². The highest BCUT2D eigenvalue weighted by Crippen LogP contribution is 2.45. The number of benzene rings is 3. The van der Waals surface area contributed by atoms with Gasteiger partial charge in [-0.3, -0.25) is 0 Å². The molecular formula is C31H34O5. The van der Waals surface area contributed by atoms with Crippen LogP contribution in [0.3, 0.4) is 0 Å². The molecule has 0 heterocycles. The van der Waals surface area contributed by atoms with Crippen molar-refractivity contribution in [1.29, 1.82) is 0 Å². The van der Waals surface area contributed by atoms with E-state index in [9.17, 15) is 4.79 Å². The Kier molecular flexibility index (Phi) is 8.80. The van der Waals surface area contributed by atoms with E-state index in [2.05, 4.69) is 49.4 Å². The first-order valence-electron chi connectivity index (χ1n) is 12.7. The number of hydrogen-bond donors (Lipinski definition) is 0. The van der Waals surface area contributed by atoms with E-state index >= 15 is 0 Å². The van der Waals surface area contributed by atoms with E-state index in [-0.39, 0.29) is 5.97 Å². The summed E-state index contributed by atoms with van der Waals surface area (Å²) in [5, 5.41) is 0. The Morgan fingerprint density at radius 3 is 2.25 bits per heavy atom. The van der Waals surface area contributed by atoms with Crippen molar-refractivity contribution in [1.82, 2.24) is 0 Å². The van der Waals surface area contributed by atoms with Gasteiger partial charge in [-0.05, 0) is 84.0 Å². The number of fused-ring (bicyclic) bond motifs is 3. The zero-order valence-corrected chi connectivity index (χ0v) is 21.3. The quantitative estimate of drug-likeness (QED) is 0.215. The Balaban J connectivity index is 1.44. The van der Waals surface area contributed by atoms with E-state index in [1.807, 2.05) is 37.3 Å². The van der Waals surface area contributed by atoms with E-state index in [0.717, 1.165) is 23.5 Å². The Morgan fingerprint density at radius 1 is 0.806 bits per heavy atom. The van der Waals surface area contributed by atoms with Crippen LogP contribution in [0.2, 0.25) is 0 Å². The predicted molar refractivity (Wildman–Crippen MR) is 142 cm³/mol. The van der Waals surface area contributed by atoms with Crippen LogP contribution in [-0.2, 0) is 20.7 Å². The topological polar surface area (TPSA) is 54.0 Å². The normalized spacial score (nSPS) is 13.7. The molecule has 0 bridgehead atoms. The highest BCUT2D eigenvalue weighted by molar-refractivity contribution is 6.01. The largest absolute Gasteiger partial charge is 0.494 e. The maximum Gasteiger partial charge on any atom is 0.335 e. The Bertz CT molecular complexity index is 1200. The molecule has 1 atom stereocenters. The minimum atomic E-state index is -0.596. The molecule has 0 saturated heterocycles. The molecule has 3 aromatic rings. The van der Waals surface area contributed by atoms with Crippen molar-refractivity contribution in [3.05, 3.63) is 89.5 Å². The lowest BCUT2D eigenvalue weighted by atomic mass is 10.0. The van der Waals surface area contributed by atoms with Gasteiger partial charge in [-0.2, -0.15) is 0 Å². The van der Waals surface area contributed by atoms with Crippen LogP contribution >= 0.6 is 0 Å². The summed E-state index contributed by atoms with van der Waals surface area (Å²) >= 11 is 0. The van der Waals surface area contributed by atoms with Gasteiger partial charge in [0.05, 0.1) is 13.2 Å². The summed E-state index contributed by atoms with van der Waals surface area (Å²) in [7, 11) is 0. The molecule has 1 unspecified atom stereocenters. The lowest BCUT2D eigenvalue weighted by Gasteiger charge is -2.15. The number of carbonyl (C=O) groups is 1. The van der Waals surface area contributed by atoms with E-state index < -0.39 is 6.10 Å². The zero-order valence-electron chi connectivity index (χ0n) is 21.3. The number of ether oxygens (including phenoxy) is 4. The van der Waals surface area contributed by atoms with Crippen LogP contribution in [0.4, 0.5) is 0 Å². The third kappa shape index (κ3) is 5.97. The molecular weight excluding hydrogens is 452 g/mol. The second-order valence-electron chi connectivity index (χ2n) is 8.57. The molecule has 0 aliphatic heterocycles. The Labute approximate surface area is 213 Å². The van der Waals surface area contributed by atoms with Gasteiger partial charge in [0.2, 0.25) is 0 Å². The standard InChI is InChI=1S/C31H34O5/c1-4-18-35-24-15-16-27-28(25-9-7-8-10-26(25)29(27)21-24)17-19-36-23-13-11-22(12-14-23)20-30(33-5-2)31(32)34-6-3/h7-17,21,30H,4-6,18-20H2,1-3H3. The van der Waals surface area contributed by atoms with Gasteiger partial charge < -0.3 is 18.9 Å². The third-order valence-electron chi connectivity index (χ3n) is 6.06. The molecule has 1 aliphatic rings. The van der Waals surface area contributed by atoms with Gasteiger partial charge >= 0.3 is 5.97 Å². The van der Waals surface area contributed by atoms with Gasteiger partial charge in [0.1, 0.15) is 18.1 Å². The third-order valence-corrected chi connectivity index (χ3v) is 6.06. The highest BCUT2D eigenvalue weighted by atomic mass is 16.6. The van der Waals surface area contributed by atoms with Crippen molar-refractivity contribution in [2.24, 2.45) is 0 Å². The molecule has 0 N–H and O–H groups in total. The molecule has 0 saturated carbocycles. The van der Waals surface area contributed by atoms with Gasteiger partial charge in [0, 0.05) is 13.0 Å². The fraction of sp³-hybridized carbons (Fsp3) is 0.323. The number of hydrogen-bond acceptors (Lipinski definition) is 5. The van der Waals surface area contributed by atoms with Crippen molar-refractivity contribution in [3.63, 3.8) is 0 Å². The fourth-order valence-corrected chi connectivity index (χ4v) is 4.41. The van der Waals surface area contributed by atoms with Gasteiger partial charge in [-0.15, -0.1) is 0 Å². The minimum Gasteiger partial charge on any atom is -0.494 e. The molecule has 0 fully saturated rings. The molecule has 3 aromatic carbocycles. The molecule has 0 aromatic heterocycles. The number of carbonyl (C=O) groups excluding carboxylic acids is 1. The van der Waals surface area contributed by atoms with Gasteiger partial charge in [0.15, 0.2) is 6.10 Å². The summed E-state index contributed by atoms with van der Waals surface area (Å²) < 4.78 is 22.6. The van der Waals surface area contributed by atoms with Crippen LogP contribution in [-0.4, -0.2) is 38.5 Å². The minimum absolute atomic E-state index is 0.326. The SMILES string of the molecule is CCCOc1ccc2c(c1)-c1ccccc1C2=CCOc1ccc(CC(OCC)C(=O)OCC)cc1. The van der Waals surface area contributed by atoms with Crippen LogP contribution in [0.1, 0.15) is 43.9 Å². The second-order valence-corrected chi connectivity index (χ2v) is 8.57. The van der Waals surface area contributed by atoms with E-state index in [1.54, 1.807) is 6.92 Å². The van der Waals surface area contributed by atoms with Gasteiger partial charge in [-0.25, -0.2) is 4.79 Å². The molecule has 0 radical (unpaired) electrons. The molecule has 36 heavy (non-hydrogen) atoms. The van der Waals surface area contributed by atoms with Crippen molar-refractivity contribution in [3.8, 4) is 22.6 Å². The summed E-state index contributed by atoms with van der Waals surface area (Å²) in [5.41, 5.74) is 6.98. The summed E-state index contributed by atoms with van der Waals surface area (Å²) in [5.74, 6) is 1.35. The van der Waals surface area contributed by atoms with Crippen molar-refractivity contribution < 1.29 is 23.7 Å². The predicted octanol–water partition coefficient (Wildman–Crippen LogP) is 6.48. The van der Waals surface area contributed by atoms with E-state index in [4.69, 9.17) is 18.9 Å². The molecule has 5 heteroatoms. The maximum atomic E-state index is 12.1. The van der Waals surface area contributed by atoms with Crippen LogP contribution in [0.15, 0.2) is 72.8 Å². The molecule has 0 amide bonds. The first kappa shape index (κ1) is 25.5. The summed E-state index contributed by atoms with van der Waals surface area (Å²) in [6.45, 7) is 7.73. The lowest BCUT2D eigenvalue weighted by Crippen LogP contribution is -2.28. The smallest absolute Gasteiger partial charge is 0.335 e. The summed E-state index contributed by atoms with van der Waals surface area (Å²) in [4.78, 5) is 12.1. The summed E-state index contributed by atoms with van der Waals surface area (Å²) in [6, 6.07) is 22.5. The van der Waals surface area contributed by atoms with Crippen molar-refractivity contribution in [2.75, 3.05) is 26.4 Å². The zero-order chi connectivity index (χ0) is 25.3. The molecule has 4 rings (SSSR count). The van der Waals surface area contributed by atoms with Crippen molar-refractivity contribution in [2.45, 2.75) is 39.7 Å². The first-order chi connectivity index (χ1) is 17.6. The van der Waals surface area contributed by atoms with Crippen LogP contribution in [0, 0.1) is 0 Å². The number of esters is 1. The average Bonchev–Trinajstić information content (AvgIpc) is 3.21.